The standard InChI is InChI=1S/C17H22BrN5O4S/c1-2-3-9-26-17-21-20-16(28-17)23(25)12-22(8-6-18)11-14(23)27-15(24)13-5-4-7-19-10-13/h4-5,7,10,14H,2-3,6,8-9,11-12H2,1H3. The molecule has 1 saturated heterocycles. The first-order valence-electron chi connectivity index (χ1n) is 9.01. The summed E-state index contributed by atoms with van der Waals surface area (Å²) in [5.74, 6) is -0.582. The van der Waals surface area contributed by atoms with Crippen LogP contribution in [0.5, 0.6) is 5.19 Å². The molecular formula is C17H22BrN5O4S. The largest absolute Gasteiger partial charge is 0.622 e. The van der Waals surface area contributed by atoms with E-state index in [1.54, 1.807) is 18.3 Å². The smallest absolute Gasteiger partial charge is 0.344 e. The van der Waals surface area contributed by atoms with Crippen LogP contribution in [0.3, 0.4) is 0 Å². The summed E-state index contributed by atoms with van der Waals surface area (Å²) in [5, 5.41) is 23.0. The van der Waals surface area contributed by atoms with Crippen LogP contribution in [0.4, 0.5) is 5.13 Å². The molecule has 1 aliphatic rings. The number of hydroxylamine groups is 2. The number of carbonyl (C=O) groups is 1. The average molecular weight is 472 g/mol. The molecule has 2 unspecified atom stereocenters. The van der Waals surface area contributed by atoms with Crippen molar-refractivity contribution in [3.05, 3.63) is 35.3 Å². The molecule has 0 N–H and O–H groups in total. The van der Waals surface area contributed by atoms with Crippen LogP contribution in [0.25, 0.3) is 0 Å². The number of aromatic nitrogens is 3. The zero-order chi connectivity index (χ0) is 20.0. The van der Waals surface area contributed by atoms with Crippen LogP contribution in [0.1, 0.15) is 30.1 Å². The molecule has 3 rings (SSSR count). The van der Waals surface area contributed by atoms with Crippen molar-refractivity contribution in [1.29, 1.82) is 0 Å². The lowest BCUT2D eigenvalue weighted by atomic mass is 10.3. The third-order valence-corrected chi connectivity index (χ3v) is 5.58. The van der Waals surface area contributed by atoms with Crippen molar-refractivity contribution < 1.29 is 14.3 Å². The Bertz CT molecular complexity index is 780. The fourth-order valence-corrected chi connectivity index (χ4v) is 4.07. The number of hydrogen-bond acceptors (Lipinski definition) is 9. The van der Waals surface area contributed by atoms with Gasteiger partial charge in [-0.25, -0.2) is 9.69 Å². The number of alkyl halides is 1. The first-order chi connectivity index (χ1) is 13.6. The minimum atomic E-state index is -0.941. The SMILES string of the molecule is CCCCOc1nnc([N+]2([O-])CN(CCBr)CC2OC(=O)c2cccnc2)s1. The van der Waals surface area contributed by atoms with Crippen molar-refractivity contribution >= 4 is 38.4 Å². The van der Waals surface area contributed by atoms with Crippen LogP contribution >= 0.6 is 27.3 Å². The minimum Gasteiger partial charge on any atom is -0.622 e. The summed E-state index contributed by atoms with van der Waals surface area (Å²) in [6, 6.07) is 3.25. The van der Waals surface area contributed by atoms with Gasteiger partial charge >= 0.3 is 11.1 Å². The summed E-state index contributed by atoms with van der Waals surface area (Å²) in [7, 11) is 0. The Morgan fingerprint density at radius 1 is 1.50 bits per heavy atom. The van der Waals surface area contributed by atoms with Gasteiger partial charge in [0.2, 0.25) is 0 Å². The number of rotatable bonds is 9. The Kier molecular flexibility index (Phi) is 7.30. The van der Waals surface area contributed by atoms with Gasteiger partial charge in [0.15, 0.2) is 0 Å². The second kappa shape index (κ2) is 9.70. The van der Waals surface area contributed by atoms with E-state index in [1.165, 1.54) is 6.20 Å². The first kappa shape index (κ1) is 21.1. The van der Waals surface area contributed by atoms with Crippen molar-refractivity contribution in [2.75, 3.05) is 31.7 Å². The van der Waals surface area contributed by atoms with Gasteiger partial charge < -0.3 is 14.7 Å². The highest BCUT2D eigenvalue weighted by Crippen LogP contribution is 2.36. The third-order valence-electron chi connectivity index (χ3n) is 4.27. The van der Waals surface area contributed by atoms with Crippen LogP contribution in [0, 0.1) is 5.21 Å². The molecule has 0 spiro atoms. The summed E-state index contributed by atoms with van der Waals surface area (Å²) in [4.78, 5) is 18.3. The number of unbranched alkanes of at least 4 members (excludes halogenated alkanes) is 1. The lowest BCUT2D eigenvalue weighted by Crippen LogP contribution is -2.51. The van der Waals surface area contributed by atoms with Gasteiger partial charge in [-0.2, -0.15) is 0 Å². The molecule has 0 aliphatic carbocycles. The van der Waals surface area contributed by atoms with E-state index in [9.17, 15) is 10.0 Å². The van der Waals surface area contributed by atoms with Gasteiger partial charge in [-0.1, -0.05) is 39.5 Å². The van der Waals surface area contributed by atoms with Gasteiger partial charge in [0.1, 0.15) is 6.67 Å². The minimum absolute atomic E-state index is 0.125. The fraction of sp³-hybridized carbons (Fsp3) is 0.529. The highest BCUT2D eigenvalue weighted by atomic mass is 79.9. The van der Waals surface area contributed by atoms with Gasteiger partial charge in [0.25, 0.3) is 11.4 Å². The number of quaternary nitrogens is 1. The zero-order valence-electron chi connectivity index (χ0n) is 15.5. The van der Waals surface area contributed by atoms with Crippen molar-refractivity contribution in [3.63, 3.8) is 0 Å². The van der Waals surface area contributed by atoms with Crippen molar-refractivity contribution in [3.8, 4) is 5.19 Å². The number of pyridine rings is 1. The van der Waals surface area contributed by atoms with Gasteiger partial charge in [-0.15, -0.1) is 0 Å². The van der Waals surface area contributed by atoms with Gasteiger partial charge in [-0.3, -0.25) is 9.63 Å². The number of halogens is 1. The van der Waals surface area contributed by atoms with E-state index in [2.05, 4.69) is 38.0 Å². The molecule has 11 heteroatoms. The summed E-state index contributed by atoms with van der Waals surface area (Å²) in [6.07, 6.45) is 3.94. The lowest BCUT2D eigenvalue weighted by Gasteiger charge is -2.38. The zero-order valence-corrected chi connectivity index (χ0v) is 17.9. The maximum absolute atomic E-state index is 13.7. The Morgan fingerprint density at radius 3 is 3.07 bits per heavy atom. The monoisotopic (exact) mass is 471 g/mol. The van der Waals surface area contributed by atoms with Crippen molar-refractivity contribution in [1.82, 2.24) is 24.7 Å². The summed E-state index contributed by atoms with van der Waals surface area (Å²) in [6.45, 7) is 3.68. The molecular weight excluding hydrogens is 450 g/mol. The molecule has 1 fully saturated rings. The summed E-state index contributed by atoms with van der Waals surface area (Å²) in [5.41, 5.74) is 0.300. The van der Waals surface area contributed by atoms with Gasteiger partial charge in [0, 0.05) is 35.6 Å². The number of carbonyl (C=O) groups excluding carboxylic acids is 1. The molecule has 0 radical (unpaired) electrons. The molecule has 0 saturated carbocycles. The van der Waals surface area contributed by atoms with Crippen molar-refractivity contribution in [2.24, 2.45) is 0 Å². The van der Waals surface area contributed by atoms with Crippen LogP contribution in [0.15, 0.2) is 24.5 Å². The van der Waals surface area contributed by atoms with Crippen LogP contribution in [-0.2, 0) is 4.74 Å². The molecule has 0 aromatic carbocycles. The van der Waals surface area contributed by atoms with E-state index in [0.717, 1.165) is 24.2 Å². The maximum atomic E-state index is 13.7. The van der Waals surface area contributed by atoms with E-state index in [1.807, 2.05) is 4.90 Å². The van der Waals surface area contributed by atoms with Crippen LogP contribution in [-0.4, -0.2) is 64.0 Å². The van der Waals surface area contributed by atoms with E-state index < -0.39 is 16.8 Å². The van der Waals surface area contributed by atoms with Gasteiger partial charge in [0.05, 0.1) is 18.7 Å². The predicted octanol–water partition coefficient (Wildman–Crippen LogP) is 2.77. The first-order valence-corrected chi connectivity index (χ1v) is 11.0. The molecule has 1 aliphatic heterocycles. The van der Waals surface area contributed by atoms with E-state index in [0.29, 0.717) is 35.8 Å². The van der Waals surface area contributed by atoms with E-state index >= 15 is 0 Å². The molecule has 2 atom stereocenters. The average Bonchev–Trinajstić information content (AvgIpc) is 3.29. The van der Waals surface area contributed by atoms with E-state index in [-0.39, 0.29) is 11.8 Å². The molecule has 3 heterocycles. The molecule has 152 valence electrons. The van der Waals surface area contributed by atoms with Crippen molar-refractivity contribution in [2.45, 2.75) is 26.0 Å². The third kappa shape index (κ3) is 4.84. The molecule has 2 aromatic rings. The molecule has 28 heavy (non-hydrogen) atoms. The highest BCUT2D eigenvalue weighted by Gasteiger charge is 2.46. The maximum Gasteiger partial charge on any atom is 0.344 e. The summed E-state index contributed by atoms with van der Waals surface area (Å²) >= 11 is 4.49. The lowest BCUT2D eigenvalue weighted by molar-refractivity contribution is 0.00548. The second-order valence-corrected chi connectivity index (χ2v) is 8.07. The normalized spacial score (nSPS) is 22.3. The van der Waals surface area contributed by atoms with Gasteiger partial charge in [-0.05, 0) is 18.6 Å². The Balaban J connectivity index is 1.77. The Hall–Kier alpha value is -1.66. The number of nitrogens with zero attached hydrogens (tertiary/aromatic N) is 5. The number of hydrogen-bond donors (Lipinski definition) is 0. The van der Waals surface area contributed by atoms with Crippen LogP contribution in [0.2, 0.25) is 0 Å². The predicted molar refractivity (Wildman–Crippen MR) is 109 cm³/mol. The second-order valence-electron chi connectivity index (χ2n) is 6.36. The molecule has 0 bridgehead atoms. The fourth-order valence-electron chi connectivity index (χ4n) is 2.78. The molecule has 2 aromatic heterocycles. The topological polar surface area (TPSA) is 101 Å². The van der Waals surface area contributed by atoms with E-state index in [4.69, 9.17) is 9.47 Å². The number of esters is 1. The summed E-state index contributed by atoms with van der Waals surface area (Å²) < 4.78 is 10.2. The molecule has 0 amide bonds. The Morgan fingerprint density at radius 2 is 2.36 bits per heavy atom. The number of ether oxygens (including phenoxy) is 2. The quantitative estimate of drug-likeness (QED) is 0.181. The highest BCUT2D eigenvalue weighted by molar-refractivity contribution is 9.09. The molecule has 9 nitrogen and oxygen atoms in total. The van der Waals surface area contributed by atoms with Crippen LogP contribution < -0.4 is 9.38 Å². The Labute approximate surface area is 175 Å².